The Hall–Kier alpha value is -4.80. The van der Waals surface area contributed by atoms with Crippen LogP contribution in [0.25, 0.3) is 0 Å². The highest BCUT2D eigenvalue weighted by Gasteiger charge is 2.20. The predicted octanol–water partition coefficient (Wildman–Crippen LogP) is 2.75. The molecule has 0 atom stereocenters. The van der Waals surface area contributed by atoms with Gasteiger partial charge in [0, 0.05) is 40.3 Å². The molecule has 0 radical (unpaired) electrons. The molecule has 0 aromatic heterocycles. The second-order valence-electron chi connectivity index (χ2n) is 8.42. The monoisotopic (exact) mass is 540 g/mol. The number of rotatable bonds is 14. The molecule has 0 saturated heterocycles. The largest absolute Gasteiger partial charge is 0.489 e. The summed E-state index contributed by atoms with van der Waals surface area (Å²) < 4.78 is 27.1. The zero-order chi connectivity index (χ0) is 28.9. The lowest BCUT2D eigenvalue weighted by molar-refractivity contribution is -0.131. The van der Waals surface area contributed by atoms with E-state index < -0.39 is 11.9 Å². The van der Waals surface area contributed by atoms with Crippen LogP contribution in [0.1, 0.15) is 20.7 Å². The molecule has 0 aliphatic carbocycles. The van der Waals surface area contributed by atoms with E-state index in [1.54, 1.807) is 28.2 Å². The predicted molar refractivity (Wildman–Crippen MR) is 142 cm³/mol. The first kappa shape index (κ1) is 30.4. The Kier molecular flexibility index (Phi) is 11.6. The minimum Gasteiger partial charge on any atom is -0.489 e. The number of hydrogen-bond acceptors (Lipinski definition) is 9. The molecule has 0 heterocycles. The molecule has 0 saturated carbocycles. The summed E-state index contributed by atoms with van der Waals surface area (Å²) in [5.41, 5.74) is -0.103. The average Bonchev–Trinajstić information content (AvgIpc) is 2.91. The van der Waals surface area contributed by atoms with Crippen molar-refractivity contribution >= 4 is 23.8 Å². The van der Waals surface area contributed by atoms with Gasteiger partial charge in [0.05, 0.1) is 11.1 Å². The molecule has 208 valence electrons. The fraction of sp³-hybridized carbons (Fsp3) is 0.286. The van der Waals surface area contributed by atoms with Crippen LogP contribution in [0, 0.1) is 0 Å². The van der Waals surface area contributed by atoms with E-state index in [1.165, 1.54) is 58.4 Å². The number of nitrogens with zero attached hydrogens (tertiary/aromatic N) is 2. The summed E-state index contributed by atoms with van der Waals surface area (Å²) in [5.74, 6) is -1.77. The van der Waals surface area contributed by atoms with Gasteiger partial charge in [-0.05, 0) is 24.3 Å². The molecule has 2 rings (SSSR count). The zero-order valence-corrected chi connectivity index (χ0v) is 22.4. The van der Waals surface area contributed by atoms with Gasteiger partial charge in [-0.2, -0.15) is 0 Å². The Morgan fingerprint density at radius 1 is 0.615 bits per heavy atom. The highest BCUT2D eigenvalue weighted by atomic mass is 16.6. The average molecular weight is 541 g/mol. The lowest BCUT2D eigenvalue weighted by Crippen LogP contribution is -2.27. The van der Waals surface area contributed by atoms with Crippen molar-refractivity contribution in [1.82, 2.24) is 9.80 Å². The third kappa shape index (κ3) is 9.88. The van der Waals surface area contributed by atoms with Crippen LogP contribution in [0.2, 0.25) is 0 Å². The topological polar surface area (TPSA) is 121 Å². The van der Waals surface area contributed by atoms with E-state index in [0.29, 0.717) is 0 Å². The van der Waals surface area contributed by atoms with Crippen molar-refractivity contribution in [3.05, 3.63) is 72.8 Å². The minimum absolute atomic E-state index is 0.0515. The van der Waals surface area contributed by atoms with Gasteiger partial charge in [0.25, 0.3) is 11.8 Å². The van der Waals surface area contributed by atoms with Gasteiger partial charge >= 0.3 is 11.9 Å². The molecule has 2 amide bonds. The molecule has 0 aliphatic heterocycles. The number of benzene rings is 2. The molecule has 0 aliphatic rings. The molecule has 0 unspecified atom stereocenters. The maximum atomic E-state index is 12.9. The molecule has 11 heteroatoms. The summed E-state index contributed by atoms with van der Waals surface area (Å²) in [7, 11) is 6.32. The van der Waals surface area contributed by atoms with Crippen molar-refractivity contribution in [3.63, 3.8) is 0 Å². The van der Waals surface area contributed by atoms with Gasteiger partial charge in [-0.3, -0.25) is 9.59 Å². The Bertz CT molecular complexity index is 1130. The van der Waals surface area contributed by atoms with Crippen LogP contribution in [0.15, 0.2) is 61.7 Å². The van der Waals surface area contributed by atoms with Crippen LogP contribution in [0.5, 0.6) is 23.0 Å². The van der Waals surface area contributed by atoms with E-state index in [4.69, 9.17) is 23.7 Å². The normalized spacial score (nSPS) is 10.1. The second-order valence-corrected chi connectivity index (χ2v) is 8.42. The first-order chi connectivity index (χ1) is 18.5. The standard InChI is InChI=1S/C28H32N2O9/c1-7-9-35-21-11-19(13-23(15-21)37-17-25(31)29(3)4)27(33)39-28(34)20-12-22(36-10-8-2)16-24(14-20)38-18-26(32)30(5)6/h7-8,11-16H,1-2,9-10,17-18H2,3-6H3. The summed E-state index contributed by atoms with van der Waals surface area (Å²) in [6.45, 7) is 6.90. The summed E-state index contributed by atoms with van der Waals surface area (Å²) in [6.07, 6.45) is 3.02. The smallest absolute Gasteiger partial charge is 0.346 e. The third-order valence-electron chi connectivity index (χ3n) is 4.87. The fourth-order valence-electron chi connectivity index (χ4n) is 2.77. The zero-order valence-electron chi connectivity index (χ0n) is 22.4. The number of amides is 2. The van der Waals surface area contributed by atoms with Crippen molar-refractivity contribution in [2.24, 2.45) is 0 Å². The van der Waals surface area contributed by atoms with Crippen LogP contribution >= 0.6 is 0 Å². The first-order valence-electron chi connectivity index (χ1n) is 11.7. The van der Waals surface area contributed by atoms with Gasteiger partial charge in [0.2, 0.25) is 0 Å². The molecule has 0 bridgehead atoms. The van der Waals surface area contributed by atoms with E-state index in [1.807, 2.05) is 0 Å². The van der Waals surface area contributed by atoms with E-state index in [0.717, 1.165) is 0 Å². The van der Waals surface area contributed by atoms with Gasteiger partial charge in [-0.25, -0.2) is 9.59 Å². The fourth-order valence-corrected chi connectivity index (χ4v) is 2.77. The maximum Gasteiger partial charge on any atom is 0.346 e. The van der Waals surface area contributed by atoms with Crippen LogP contribution < -0.4 is 18.9 Å². The van der Waals surface area contributed by atoms with Crippen molar-refractivity contribution in [3.8, 4) is 23.0 Å². The van der Waals surface area contributed by atoms with Gasteiger partial charge in [-0.1, -0.05) is 25.3 Å². The quantitative estimate of drug-likeness (QED) is 0.202. The summed E-state index contributed by atoms with van der Waals surface area (Å²) in [5, 5.41) is 0. The number of esters is 2. The van der Waals surface area contributed by atoms with Crippen LogP contribution in [-0.2, 0) is 14.3 Å². The SMILES string of the molecule is C=CCOc1cc(OCC(=O)N(C)C)cc(C(=O)OC(=O)c2cc(OCC=C)cc(OCC(=O)N(C)C)c2)c1. The molecular formula is C28H32N2O9. The Labute approximate surface area is 227 Å². The molecule has 0 fully saturated rings. The van der Waals surface area contributed by atoms with Crippen molar-refractivity contribution in [2.45, 2.75) is 0 Å². The molecule has 39 heavy (non-hydrogen) atoms. The molecular weight excluding hydrogens is 508 g/mol. The molecule has 0 spiro atoms. The van der Waals surface area contributed by atoms with E-state index >= 15 is 0 Å². The highest BCUT2D eigenvalue weighted by molar-refractivity contribution is 6.03. The minimum atomic E-state index is -0.990. The summed E-state index contributed by atoms with van der Waals surface area (Å²) in [4.78, 5) is 52.3. The molecule has 2 aromatic carbocycles. The Morgan fingerprint density at radius 2 is 0.949 bits per heavy atom. The number of hydrogen-bond donors (Lipinski definition) is 0. The highest BCUT2D eigenvalue weighted by Crippen LogP contribution is 2.26. The summed E-state index contributed by atoms with van der Waals surface area (Å²) >= 11 is 0. The van der Waals surface area contributed by atoms with Gasteiger partial charge in [0.1, 0.15) is 36.2 Å². The number of likely N-dealkylation sites (N-methyl/N-ethyl adjacent to an activating group) is 2. The van der Waals surface area contributed by atoms with Gasteiger partial charge in [-0.15, -0.1) is 0 Å². The number of ether oxygens (including phenoxy) is 5. The first-order valence-corrected chi connectivity index (χ1v) is 11.7. The Balaban J connectivity index is 2.28. The molecule has 11 nitrogen and oxygen atoms in total. The second kappa shape index (κ2) is 14.8. The number of carbonyl (C=O) groups is 4. The summed E-state index contributed by atoms with van der Waals surface area (Å²) in [6, 6.07) is 8.36. The Morgan fingerprint density at radius 3 is 1.26 bits per heavy atom. The lowest BCUT2D eigenvalue weighted by atomic mass is 10.2. The van der Waals surface area contributed by atoms with Crippen molar-refractivity contribution in [1.29, 1.82) is 0 Å². The number of carbonyl (C=O) groups excluding carboxylic acids is 4. The van der Waals surface area contributed by atoms with Gasteiger partial charge < -0.3 is 33.5 Å². The van der Waals surface area contributed by atoms with Crippen LogP contribution in [-0.4, -0.2) is 88.2 Å². The van der Waals surface area contributed by atoms with Crippen molar-refractivity contribution < 1.29 is 42.9 Å². The van der Waals surface area contributed by atoms with Gasteiger partial charge in [0.15, 0.2) is 13.2 Å². The van der Waals surface area contributed by atoms with E-state index in [-0.39, 0.29) is 72.4 Å². The molecule has 0 N–H and O–H groups in total. The van der Waals surface area contributed by atoms with Crippen LogP contribution in [0.4, 0.5) is 0 Å². The van der Waals surface area contributed by atoms with E-state index in [9.17, 15) is 19.2 Å². The lowest BCUT2D eigenvalue weighted by Gasteiger charge is -2.14. The van der Waals surface area contributed by atoms with Crippen molar-refractivity contribution in [2.75, 3.05) is 54.6 Å². The maximum absolute atomic E-state index is 12.9. The third-order valence-corrected chi connectivity index (χ3v) is 4.87. The van der Waals surface area contributed by atoms with Crippen LogP contribution in [0.3, 0.4) is 0 Å². The van der Waals surface area contributed by atoms with E-state index in [2.05, 4.69) is 13.2 Å². The molecule has 2 aromatic rings.